The van der Waals surface area contributed by atoms with E-state index in [0.717, 1.165) is 16.0 Å². The van der Waals surface area contributed by atoms with Crippen molar-refractivity contribution >= 4 is 34.9 Å². The molecule has 0 spiro atoms. The summed E-state index contributed by atoms with van der Waals surface area (Å²) in [4.78, 5) is 50.0. The van der Waals surface area contributed by atoms with Crippen molar-refractivity contribution in [1.29, 1.82) is 0 Å². The Bertz CT molecular complexity index is 869. The van der Waals surface area contributed by atoms with Gasteiger partial charge in [0.25, 0.3) is 5.91 Å². The predicted octanol–water partition coefficient (Wildman–Crippen LogP) is 2.00. The topological polar surface area (TPSA) is 83.6 Å². The van der Waals surface area contributed by atoms with Crippen molar-refractivity contribution in [3.05, 3.63) is 59.7 Å². The first-order valence-electron chi connectivity index (χ1n) is 7.75. The fourth-order valence-corrected chi connectivity index (χ4v) is 2.60. The molecule has 6 heteroatoms. The highest BCUT2D eigenvalue weighted by molar-refractivity contribution is 6.59. The van der Waals surface area contributed by atoms with Gasteiger partial charge in [-0.05, 0) is 38.1 Å². The summed E-state index contributed by atoms with van der Waals surface area (Å²) in [6, 6.07) is 13.5. The number of amides is 3. The summed E-state index contributed by atoms with van der Waals surface area (Å²) >= 11 is 0. The summed E-state index contributed by atoms with van der Waals surface area (Å²) in [6.07, 6.45) is 0. The van der Waals surface area contributed by atoms with Gasteiger partial charge in [0.2, 0.25) is 11.7 Å². The number of hydrogen-bond acceptors (Lipinski definition) is 4. The zero-order valence-corrected chi connectivity index (χ0v) is 13.8. The Morgan fingerprint density at radius 2 is 1.40 bits per heavy atom. The van der Waals surface area contributed by atoms with Gasteiger partial charge in [-0.2, -0.15) is 0 Å². The van der Waals surface area contributed by atoms with E-state index in [9.17, 15) is 19.2 Å². The summed E-state index contributed by atoms with van der Waals surface area (Å²) in [6.45, 7) is 3.76. The minimum atomic E-state index is -1.66. The highest BCUT2D eigenvalue weighted by Crippen LogP contribution is 2.25. The van der Waals surface area contributed by atoms with E-state index in [4.69, 9.17) is 0 Å². The number of aryl methyl sites for hydroxylation is 2. The first kappa shape index (κ1) is 16.6. The Labute approximate surface area is 144 Å². The number of carbonyl (C=O) groups excluding carboxylic acids is 4. The van der Waals surface area contributed by atoms with Crippen LogP contribution in [0.2, 0.25) is 0 Å². The molecule has 1 saturated heterocycles. The molecule has 3 amide bonds. The number of imide groups is 1. The van der Waals surface area contributed by atoms with Gasteiger partial charge in [0.05, 0.1) is 5.69 Å². The van der Waals surface area contributed by atoms with E-state index in [1.54, 1.807) is 48.5 Å². The number of nitrogens with zero attached hydrogens (tertiary/aromatic N) is 1. The van der Waals surface area contributed by atoms with Crippen molar-refractivity contribution < 1.29 is 19.2 Å². The molecule has 2 aromatic rings. The van der Waals surface area contributed by atoms with Gasteiger partial charge in [0.1, 0.15) is 0 Å². The molecule has 1 fully saturated rings. The lowest BCUT2D eigenvalue weighted by atomic mass is 10.1. The number of carbonyl (C=O) groups is 4. The van der Waals surface area contributed by atoms with Crippen LogP contribution in [0, 0.1) is 19.8 Å². The highest BCUT2D eigenvalue weighted by Gasteiger charge is 2.51. The molecule has 3 rings (SSSR count). The molecule has 1 aliphatic rings. The third-order valence-corrected chi connectivity index (χ3v) is 4.02. The third kappa shape index (κ3) is 3.06. The monoisotopic (exact) mass is 336 g/mol. The lowest BCUT2D eigenvalue weighted by Gasteiger charge is -2.14. The maximum Gasteiger partial charge on any atom is 0.302 e. The molecule has 0 aliphatic carbocycles. The first-order chi connectivity index (χ1) is 11.9. The van der Waals surface area contributed by atoms with Crippen LogP contribution in [0.4, 0.5) is 11.4 Å². The van der Waals surface area contributed by atoms with Crippen LogP contribution in [0.25, 0.3) is 0 Å². The van der Waals surface area contributed by atoms with Crippen molar-refractivity contribution in [2.45, 2.75) is 13.8 Å². The fourth-order valence-electron chi connectivity index (χ4n) is 2.60. The molecule has 1 N–H and O–H groups in total. The van der Waals surface area contributed by atoms with Gasteiger partial charge < -0.3 is 5.32 Å². The SMILES string of the molecule is Cc1ccc(NC(=O)[C@@H]2C(=O)C(=O)N(c3ccc(C)cc3)C2=O)cc1. The van der Waals surface area contributed by atoms with Crippen LogP contribution in [-0.2, 0) is 19.2 Å². The number of Topliss-reactive ketones (excluding diaryl/α,β-unsaturated/α-hetero) is 1. The summed E-state index contributed by atoms with van der Waals surface area (Å²) in [5.74, 6) is -5.30. The van der Waals surface area contributed by atoms with E-state index in [0.29, 0.717) is 5.69 Å². The zero-order chi connectivity index (χ0) is 18.1. The molecule has 2 aromatic carbocycles. The summed E-state index contributed by atoms with van der Waals surface area (Å²) < 4.78 is 0. The van der Waals surface area contributed by atoms with Crippen molar-refractivity contribution in [1.82, 2.24) is 0 Å². The van der Waals surface area contributed by atoms with Crippen molar-refractivity contribution in [2.24, 2.45) is 5.92 Å². The van der Waals surface area contributed by atoms with Gasteiger partial charge in [-0.25, -0.2) is 4.90 Å². The predicted molar refractivity (Wildman–Crippen MR) is 92.0 cm³/mol. The van der Waals surface area contributed by atoms with Gasteiger partial charge in [0, 0.05) is 5.69 Å². The standard InChI is InChI=1S/C19H16N2O4/c1-11-3-7-13(8-4-11)20-17(23)15-16(22)19(25)21(18(15)24)14-9-5-12(2)6-10-14/h3-10,15H,1-2H3,(H,20,23)/t15-/m0/s1. The third-order valence-electron chi connectivity index (χ3n) is 4.02. The Hall–Kier alpha value is -3.28. The number of hydrogen-bond donors (Lipinski definition) is 1. The van der Waals surface area contributed by atoms with Crippen LogP contribution >= 0.6 is 0 Å². The Morgan fingerprint density at radius 1 is 0.880 bits per heavy atom. The second-order valence-corrected chi connectivity index (χ2v) is 5.97. The van der Waals surface area contributed by atoms with E-state index in [-0.39, 0.29) is 5.69 Å². The van der Waals surface area contributed by atoms with Crippen LogP contribution in [-0.4, -0.2) is 23.5 Å². The van der Waals surface area contributed by atoms with Gasteiger partial charge in [-0.15, -0.1) is 0 Å². The average molecular weight is 336 g/mol. The molecule has 0 aromatic heterocycles. The molecule has 0 saturated carbocycles. The van der Waals surface area contributed by atoms with Crippen LogP contribution in [0.5, 0.6) is 0 Å². The maximum absolute atomic E-state index is 12.5. The van der Waals surface area contributed by atoms with Gasteiger partial charge >= 0.3 is 5.91 Å². The smallest absolute Gasteiger partial charge is 0.302 e. The van der Waals surface area contributed by atoms with Crippen LogP contribution in [0.15, 0.2) is 48.5 Å². The first-order valence-corrected chi connectivity index (χ1v) is 7.75. The summed E-state index contributed by atoms with van der Waals surface area (Å²) in [5.41, 5.74) is 2.69. The summed E-state index contributed by atoms with van der Waals surface area (Å²) in [5, 5.41) is 2.51. The fraction of sp³-hybridized carbons (Fsp3) is 0.158. The Balaban J connectivity index is 1.84. The van der Waals surface area contributed by atoms with Crippen LogP contribution in [0.1, 0.15) is 11.1 Å². The molecule has 0 radical (unpaired) electrons. The number of ketones is 1. The second-order valence-electron chi connectivity index (χ2n) is 5.97. The maximum atomic E-state index is 12.5. The largest absolute Gasteiger partial charge is 0.325 e. The molecule has 25 heavy (non-hydrogen) atoms. The van der Waals surface area contributed by atoms with Gasteiger partial charge in [-0.1, -0.05) is 35.4 Å². The quantitative estimate of drug-likeness (QED) is 0.528. The van der Waals surface area contributed by atoms with E-state index in [1.165, 1.54) is 0 Å². The number of nitrogens with one attached hydrogen (secondary N) is 1. The summed E-state index contributed by atoms with van der Waals surface area (Å²) in [7, 11) is 0. The average Bonchev–Trinajstić information content (AvgIpc) is 2.80. The van der Waals surface area contributed by atoms with Crippen LogP contribution < -0.4 is 10.2 Å². The molecule has 6 nitrogen and oxygen atoms in total. The Kier molecular flexibility index (Phi) is 4.19. The minimum Gasteiger partial charge on any atom is -0.325 e. The molecule has 0 unspecified atom stereocenters. The minimum absolute atomic E-state index is 0.277. The van der Waals surface area contributed by atoms with E-state index in [1.807, 2.05) is 13.8 Å². The molecular weight excluding hydrogens is 320 g/mol. The molecule has 1 heterocycles. The van der Waals surface area contributed by atoms with E-state index >= 15 is 0 Å². The normalized spacial score (nSPS) is 17.1. The Morgan fingerprint density at radius 3 is 1.96 bits per heavy atom. The van der Waals surface area contributed by atoms with Crippen molar-refractivity contribution in [2.75, 3.05) is 10.2 Å². The van der Waals surface area contributed by atoms with E-state index < -0.39 is 29.4 Å². The molecular formula is C19H16N2O4. The number of benzene rings is 2. The molecule has 0 bridgehead atoms. The van der Waals surface area contributed by atoms with Crippen molar-refractivity contribution in [3.63, 3.8) is 0 Å². The molecule has 1 atom stereocenters. The lowest BCUT2D eigenvalue weighted by Crippen LogP contribution is -2.34. The van der Waals surface area contributed by atoms with Crippen molar-refractivity contribution in [3.8, 4) is 0 Å². The van der Waals surface area contributed by atoms with Gasteiger partial charge in [0.15, 0.2) is 5.92 Å². The second kappa shape index (κ2) is 6.32. The van der Waals surface area contributed by atoms with E-state index in [2.05, 4.69) is 5.32 Å². The molecule has 126 valence electrons. The van der Waals surface area contributed by atoms with Gasteiger partial charge in [-0.3, -0.25) is 19.2 Å². The van der Waals surface area contributed by atoms with Crippen LogP contribution in [0.3, 0.4) is 0 Å². The zero-order valence-electron chi connectivity index (χ0n) is 13.8. The number of anilines is 2. The lowest BCUT2D eigenvalue weighted by molar-refractivity contribution is -0.139. The number of rotatable bonds is 3. The molecule has 1 aliphatic heterocycles. The highest BCUT2D eigenvalue weighted by atomic mass is 16.2.